The van der Waals surface area contributed by atoms with Gasteiger partial charge in [-0.05, 0) is 42.8 Å². The van der Waals surface area contributed by atoms with Crippen LogP contribution in [0.25, 0.3) is 0 Å². The number of benzene rings is 1. The highest BCUT2D eigenvalue weighted by Crippen LogP contribution is 2.17. The molecule has 1 aromatic heterocycles. The molecule has 0 aliphatic carbocycles. The van der Waals surface area contributed by atoms with Crippen molar-refractivity contribution in [3.63, 3.8) is 0 Å². The first-order chi connectivity index (χ1) is 9.53. The van der Waals surface area contributed by atoms with Gasteiger partial charge in [0.05, 0.1) is 12.8 Å². The zero-order valence-corrected chi connectivity index (χ0v) is 11.5. The van der Waals surface area contributed by atoms with Crippen LogP contribution in [0.4, 0.5) is 4.39 Å². The second-order valence-electron chi connectivity index (χ2n) is 4.21. The van der Waals surface area contributed by atoms with Crippen molar-refractivity contribution in [1.82, 2.24) is 4.72 Å². The van der Waals surface area contributed by atoms with E-state index in [1.165, 1.54) is 18.4 Å². The molecule has 20 heavy (non-hydrogen) atoms. The van der Waals surface area contributed by atoms with E-state index in [0.717, 1.165) is 6.07 Å². The fourth-order valence-electron chi connectivity index (χ4n) is 1.73. The molecule has 0 aliphatic heterocycles. The van der Waals surface area contributed by atoms with Gasteiger partial charge in [-0.2, -0.15) is 0 Å². The maximum atomic E-state index is 13.7. The Morgan fingerprint density at radius 2 is 2.10 bits per heavy atom. The van der Waals surface area contributed by atoms with E-state index in [1.54, 1.807) is 12.1 Å². The van der Waals surface area contributed by atoms with Crippen LogP contribution in [0.1, 0.15) is 11.3 Å². The van der Waals surface area contributed by atoms with E-state index in [9.17, 15) is 12.8 Å². The van der Waals surface area contributed by atoms with Crippen LogP contribution in [-0.4, -0.2) is 15.0 Å². The average Bonchev–Trinajstić information content (AvgIpc) is 2.92. The first kappa shape index (κ1) is 14.7. The molecule has 0 unspecified atom stereocenters. The van der Waals surface area contributed by atoms with Crippen LogP contribution in [0, 0.1) is 5.82 Å². The van der Waals surface area contributed by atoms with Gasteiger partial charge in [-0.3, -0.25) is 0 Å². The maximum Gasteiger partial charge on any atom is 0.243 e. The summed E-state index contributed by atoms with van der Waals surface area (Å²) in [7, 11) is -3.93. The summed E-state index contributed by atoms with van der Waals surface area (Å²) < 4.78 is 45.2. The second-order valence-corrected chi connectivity index (χ2v) is 5.94. The summed E-state index contributed by atoms with van der Waals surface area (Å²) in [6, 6.07) is 7.22. The van der Waals surface area contributed by atoms with Gasteiger partial charge in [0.15, 0.2) is 0 Å². The second kappa shape index (κ2) is 6.17. The molecule has 0 spiro atoms. The maximum absolute atomic E-state index is 13.7. The number of sulfonamides is 1. The summed E-state index contributed by atoms with van der Waals surface area (Å²) in [5, 5.41) is 0. The van der Waals surface area contributed by atoms with Crippen molar-refractivity contribution in [3.8, 4) is 0 Å². The topological polar surface area (TPSA) is 85.3 Å². The summed E-state index contributed by atoms with van der Waals surface area (Å²) in [5.41, 5.74) is 6.08. The Balaban J connectivity index is 2.21. The lowest BCUT2D eigenvalue weighted by Crippen LogP contribution is -2.24. The minimum atomic E-state index is -3.93. The fourth-order valence-corrected chi connectivity index (χ4v) is 2.85. The first-order valence-electron chi connectivity index (χ1n) is 6.03. The lowest BCUT2D eigenvalue weighted by atomic mass is 10.1. The molecule has 1 heterocycles. The van der Waals surface area contributed by atoms with Gasteiger partial charge in [0.1, 0.15) is 16.5 Å². The van der Waals surface area contributed by atoms with Crippen LogP contribution in [0.5, 0.6) is 0 Å². The van der Waals surface area contributed by atoms with Gasteiger partial charge >= 0.3 is 0 Å². The zero-order chi connectivity index (χ0) is 14.6. The van der Waals surface area contributed by atoms with Gasteiger partial charge in [0, 0.05) is 0 Å². The molecule has 3 N–H and O–H groups in total. The molecule has 0 aliphatic rings. The first-order valence-corrected chi connectivity index (χ1v) is 7.52. The summed E-state index contributed by atoms with van der Waals surface area (Å²) in [6.07, 6.45) is 1.92. The average molecular weight is 298 g/mol. The highest BCUT2D eigenvalue weighted by molar-refractivity contribution is 7.89. The number of rotatable bonds is 6. The van der Waals surface area contributed by atoms with Gasteiger partial charge in [-0.25, -0.2) is 17.5 Å². The standard InChI is InChI=1S/C13H15FN2O3S/c14-12-4-3-10(5-6-15)8-13(12)20(17,18)16-9-11-2-1-7-19-11/h1-4,7-8,16H,5-6,9,15H2. The Labute approximate surface area is 116 Å². The number of nitrogens with one attached hydrogen (secondary N) is 1. The van der Waals surface area contributed by atoms with E-state index in [2.05, 4.69) is 4.72 Å². The quantitative estimate of drug-likeness (QED) is 0.844. The van der Waals surface area contributed by atoms with E-state index < -0.39 is 15.8 Å². The molecule has 0 atom stereocenters. The van der Waals surface area contributed by atoms with E-state index in [-0.39, 0.29) is 11.4 Å². The summed E-state index contributed by atoms with van der Waals surface area (Å²) in [5.74, 6) is -0.343. The van der Waals surface area contributed by atoms with Crippen molar-refractivity contribution in [1.29, 1.82) is 0 Å². The molecule has 0 amide bonds. The molecular formula is C13H15FN2O3S. The molecule has 0 radical (unpaired) electrons. The number of furan rings is 1. The van der Waals surface area contributed by atoms with E-state index >= 15 is 0 Å². The molecule has 0 bridgehead atoms. The van der Waals surface area contributed by atoms with Crippen molar-refractivity contribution in [3.05, 3.63) is 53.7 Å². The fraction of sp³-hybridized carbons (Fsp3) is 0.231. The molecule has 108 valence electrons. The molecule has 1 aromatic carbocycles. The van der Waals surface area contributed by atoms with Gasteiger partial charge in [-0.15, -0.1) is 0 Å². The molecule has 5 nitrogen and oxygen atoms in total. The minimum Gasteiger partial charge on any atom is -0.468 e. The van der Waals surface area contributed by atoms with E-state index in [0.29, 0.717) is 24.3 Å². The third-order valence-corrected chi connectivity index (χ3v) is 4.15. The van der Waals surface area contributed by atoms with Crippen molar-refractivity contribution in [2.75, 3.05) is 6.54 Å². The lowest BCUT2D eigenvalue weighted by molar-refractivity contribution is 0.497. The van der Waals surface area contributed by atoms with Crippen LogP contribution in [-0.2, 0) is 23.0 Å². The molecule has 0 saturated heterocycles. The Kier molecular flexibility index (Phi) is 4.53. The largest absolute Gasteiger partial charge is 0.468 e. The van der Waals surface area contributed by atoms with Crippen molar-refractivity contribution < 1.29 is 17.2 Å². The lowest BCUT2D eigenvalue weighted by Gasteiger charge is -2.08. The van der Waals surface area contributed by atoms with Crippen LogP contribution < -0.4 is 10.5 Å². The van der Waals surface area contributed by atoms with Gasteiger partial charge in [-0.1, -0.05) is 6.07 Å². The number of hydrogen-bond acceptors (Lipinski definition) is 4. The molecular weight excluding hydrogens is 283 g/mol. The predicted molar refractivity (Wildman–Crippen MR) is 71.9 cm³/mol. The van der Waals surface area contributed by atoms with Crippen LogP contribution in [0.3, 0.4) is 0 Å². The number of hydrogen-bond donors (Lipinski definition) is 2. The van der Waals surface area contributed by atoms with Crippen molar-refractivity contribution >= 4 is 10.0 Å². The summed E-state index contributed by atoms with van der Waals surface area (Å²) in [6.45, 7) is 0.334. The number of nitrogens with two attached hydrogens (primary N) is 1. The Morgan fingerprint density at radius 1 is 1.30 bits per heavy atom. The SMILES string of the molecule is NCCc1ccc(F)c(S(=O)(=O)NCc2ccco2)c1. The van der Waals surface area contributed by atoms with Crippen LogP contribution in [0.15, 0.2) is 45.9 Å². The third-order valence-electron chi connectivity index (χ3n) is 2.73. The highest BCUT2D eigenvalue weighted by atomic mass is 32.2. The summed E-state index contributed by atoms with van der Waals surface area (Å²) >= 11 is 0. The predicted octanol–water partition coefficient (Wildman–Crippen LogP) is 1.40. The highest BCUT2D eigenvalue weighted by Gasteiger charge is 2.19. The molecule has 2 rings (SSSR count). The normalized spacial score (nSPS) is 11.7. The molecule has 7 heteroatoms. The molecule has 2 aromatic rings. The summed E-state index contributed by atoms with van der Waals surface area (Å²) in [4.78, 5) is -0.380. The molecule has 0 fully saturated rings. The zero-order valence-electron chi connectivity index (χ0n) is 10.7. The number of halogens is 1. The van der Waals surface area contributed by atoms with Crippen molar-refractivity contribution in [2.24, 2.45) is 5.73 Å². The Bertz CT molecular complexity index is 669. The molecule has 0 saturated carbocycles. The minimum absolute atomic E-state index is 0.0319. The van der Waals surface area contributed by atoms with Crippen molar-refractivity contribution in [2.45, 2.75) is 17.9 Å². The van der Waals surface area contributed by atoms with Gasteiger partial charge in [0.25, 0.3) is 0 Å². The van der Waals surface area contributed by atoms with E-state index in [1.807, 2.05) is 0 Å². The van der Waals surface area contributed by atoms with Gasteiger partial charge in [0.2, 0.25) is 10.0 Å². The van der Waals surface area contributed by atoms with Crippen LogP contribution >= 0.6 is 0 Å². The third kappa shape index (κ3) is 3.44. The van der Waals surface area contributed by atoms with Crippen LogP contribution in [0.2, 0.25) is 0 Å². The van der Waals surface area contributed by atoms with E-state index in [4.69, 9.17) is 10.2 Å². The monoisotopic (exact) mass is 298 g/mol. The Morgan fingerprint density at radius 3 is 2.75 bits per heavy atom. The Hall–Kier alpha value is -1.70. The smallest absolute Gasteiger partial charge is 0.243 e. The van der Waals surface area contributed by atoms with Gasteiger partial charge < -0.3 is 10.2 Å².